The molecule has 0 N–H and O–H groups in total. The van der Waals surface area contributed by atoms with Crippen molar-refractivity contribution in [3.63, 3.8) is 0 Å². The number of carbonyl (C=O) groups is 1. The molecule has 1 saturated heterocycles. The van der Waals surface area contributed by atoms with Crippen molar-refractivity contribution in [3.8, 4) is 11.5 Å². The molecule has 0 aliphatic carbocycles. The van der Waals surface area contributed by atoms with Gasteiger partial charge in [0, 0.05) is 39.4 Å². The number of rotatable bonds is 8. The molecule has 0 atom stereocenters. The summed E-state index contributed by atoms with van der Waals surface area (Å²) in [5.74, 6) is 1.24. The number of aromatic nitrogens is 3. The molecule has 3 aromatic rings. The van der Waals surface area contributed by atoms with Crippen LogP contribution in [-0.2, 0) is 11.8 Å². The Hall–Kier alpha value is -2.40. The lowest BCUT2D eigenvalue weighted by Gasteiger charge is -2.27. The monoisotopic (exact) mass is 481 g/mol. The van der Waals surface area contributed by atoms with E-state index in [1.807, 2.05) is 12.1 Å². The number of methoxy groups -OCH3 is 2. The molecule has 174 valence electrons. The number of halogens is 1. The summed E-state index contributed by atoms with van der Waals surface area (Å²) in [5.41, 5.74) is 1.21. The Labute approximate surface area is 197 Å². The van der Waals surface area contributed by atoms with E-state index in [1.54, 1.807) is 43.1 Å². The molecule has 9 nitrogen and oxygen atoms in total. The fourth-order valence-electron chi connectivity index (χ4n) is 3.67. The van der Waals surface area contributed by atoms with Crippen LogP contribution in [0.5, 0.6) is 11.5 Å². The Morgan fingerprint density at radius 2 is 1.91 bits per heavy atom. The molecule has 1 aromatic carbocycles. The molecule has 0 radical (unpaired) electrons. The smallest absolute Gasteiger partial charge is 0.278 e. The Kier molecular flexibility index (Phi) is 8.30. The van der Waals surface area contributed by atoms with Gasteiger partial charge in [0.1, 0.15) is 27.4 Å². The molecule has 32 heavy (non-hydrogen) atoms. The van der Waals surface area contributed by atoms with Crippen molar-refractivity contribution in [3.05, 3.63) is 30.1 Å². The summed E-state index contributed by atoms with van der Waals surface area (Å²) >= 11 is 1.43. The van der Waals surface area contributed by atoms with Gasteiger partial charge in [-0.1, -0.05) is 11.3 Å². The van der Waals surface area contributed by atoms with E-state index in [0.29, 0.717) is 34.4 Å². The molecule has 0 bridgehead atoms. The van der Waals surface area contributed by atoms with E-state index in [4.69, 9.17) is 19.2 Å². The summed E-state index contributed by atoms with van der Waals surface area (Å²) in [6, 6.07) is 5.41. The molecule has 1 amide bonds. The average molecular weight is 482 g/mol. The molecular formula is C21H28ClN5O4S. The van der Waals surface area contributed by atoms with Gasteiger partial charge in [0.2, 0.25) is 0 Å². The number of fused-ring (bicyclic) bond motifs is 1. The molecule has 2 aromatic heterocycles. The number of hydrogen-bond donors (Lipinski definition) is 0. The Morgan fingerprint density at radius 3 is 2.56 bits per heavy atom. The summed E-state index contributed by atoms with van der Waals surface area (Å²) in [6.07, 6.45) is 2.46. The maximum Gasteiger partial charge on any atom is 0.278 e. The van der Waals surface area contributed by atoms with Crippen molar-refractivity contribution in [2.75, 3.05) is 58.5 Å². The van der Waals surface area contributed by atoms with E-state index in [2.05, 4.69) is 10.00 Å². The minimum atomic E-state index is -0.126. The van der Waals surface area contributed by atoms with Crippen LogP contribution in [0.3, 0.4) is 0 Å². The van der Waals surface area contributed by atoms with E-state index >= 15 is 0 Å². The number of morpholine rings is 1. The highest BCUT2D eigenvalue weighted by atomic mass is 35.5. The molecule has 0 saturated carbocycles. The topological polar surface area (TPSA) is 82.0 Å². The highest BCUT2D eigenvalue weighted by Crippen LogP contribution is 2.40. The number of amides is 1. The lowest BCUT2D eigenvalue weighted by molar-refractivity contribution is 0.0376. The first-order valence-electron chi connectivity index (χ1n) is 10.2. The summed E-state index contributed by atoms with van der Waals surface area (Å²) < 4.78 is 18.9. The van der Waals surface area contributed by atoms with Crippen molar-refractivity contribution in [2.45, 2.75) is 6.42 Å². The zero-order valence-corrected chi connectivity index (χ0v) is 20.1. The number of aryl methyl sites for hydroxylation is 1. The van der Waals surface area contributed by atoms with Gasteiger partial charge in [-0.25, -0.2) is 4.98 Å². The third kappa shape index (κ3) is 4.98. The van der Waals surface area contributed by atoms with E-state index in [0.717, 1.165) is 44.0 Å². The quantitative estimate of drug-likeness (QED) is 0.489. The zero-order valence-electron chi connectivity index (χ0n) is 18.4. The van der Waals surface area contributed by atoms with Gasteiger partial charge in [0.05, 0.1) is 27.4 Å². The lowest BCUT2D eigenvalue weighted by Crippen LogP contribution is -2.39. The zero-order chi connectivity index (χ0) is 21.8. The van der Waals surface area contributed by atoms with Crippen LogP contribution in [-0.4, -0.2) is 79.2 Å². The minimum absolute atomic E-state index is 0. The maximum atomic E-state index is 13.4. The third-order valence-electron chi connectivity index (χ3n) is 5.37. The van der Waals surface area contributed by atoms with Crippen LogP contribution in [0.4, 0.5) is 5.13 Å². The number of anilines is 1. The highest BCUT2D eigenvalue weighted by Gasteiger charge is 2.25. The van der Waals surface area contributed by atoms with Gasteiger partial charge in [-0.15, -0.1) is 12.4 Å². The molecule has 3 heterocycles. The normalized spacial score (nSPS) is 14.2. The van der Waals surface area contributed by atoms with Gasteiger partial charge in [0.15, 0.2) is 5.13 Å². The van der Waals surface area contributed by atoms with Crippen LogP contribution in [0.1, 0.15) is 16.9 Å². The van der Waals surface area contributed by atoms with E-state index in [9.17, 15) is 4.79 Å². The molecular weight excluding hydrogens is 454 g/mol. The van der Waals surface area contributed by atoms with Gasteiger partial charge in [-0.3, -0.25) is 19.3 Å². The van der Waals surface area contributed by atoms with Gasteiger partial charge in [0.25, 0.3) is 5.91 Å². The van der Waals surface area contributed by atoms with Crippen LogP contribution >= 0.6 is 23.7 Å². The summed E-state index contributed by atoms with van der Waals surface area (Å²) in [4.78, 5) is 22.3. The van der Waals surface area contributed by atoms with Crippen molar-refractivity contribution in [1.29, 1.82) is 0 Å². The maximum absolute atomic E-state index is 13.4. The van der Waals surface area contributed by atoms with Crippen LogP contribution in [0, 0.1) is 0 Å². The second kappa shape index (κ2) is 11.0. The third-order valence-corrected chi connectivity index (χ3v) is 6.47. The molecule has 0 spiro atoms. The van der Waals surface area contributed by atoms with Crippen molar-refractivity contribution in [1.82, 2.24) is 19.7 Å². The summed E-state index contributed by atoms with van der Waals surface area (Å²) in [6.45, 7) is 4.81. The second-order valence-corrected chi connectivity index (χ2v) is 8.23. The first-order valence-corrected chi connectivity index (χ1v) is 11.1. The first-order chi connectivity index (χ1) is 15.1. The highest BCUT2D eigenvalue weighted by molar-refractivity contribution is 7.22. The Morgan fingerprint density at radius 1 is 1.19 bits per heavy atom. The second-order valence-electron chi connectivity index (χ2n) is 7.25. The molecule has 11 heteroatoms. The standard InChI is InChI=1S/C21H27N5O4S.ClH/c1-24-15(7-8-22-24)20(27)26(10-4-9-25-11-13-30-14-12-25)21-23-18-16(28-2)5-6-17(29-3)19(18)31-21;/h5-8H,4,9-14H2,1-3H3;1H. The molecule has 0 unspecified atom stereocenters. The van der Waals surface area contributed by atoms with Crippen LogP contribution < -0.4 is 14.4 Å². The average Bonchev–Trinajstić information content (AvgIpc) is 3.43. The minimum Gasteiger partial charge on any atom is -0.495 e. The van der Waals surface area contributed by atoms with Crippen LogP contribution in [0.15, 0.2) is 24.4 Å². The first kappa shape index (κ1) is 24.2. The number of carbonyl (C=O) groups excluding carboxylic acids is 1. The number of thiazole rings is 1. The van der Waals surface area contributed by atoms with Crippen LogP contribution in [0.2, 0.25) is 0 Å². The summed E-state index contributed by atoms with van der Waals surface area (Å²) in [5, 5.41) is 4.77. The van der Waals surface area contributed by atoms with E-state index in [1.165, 1.54) is 11.3 Å². The number of benzene rings is 1. The van der Waals surface area contributed by atoms with Gasteiger partial charge in [-0.2, -0.15) is 5.10 Å². The number of hydrogen-bond acceptors (Lipinski definition) is 8. The van der Waals surface area contributed by atoms with Crippen molar-refractivity contribution in [2.24, 2.45) is 7.05 Å². The molecule has 1 aliphatic heterocycles. The Balaban J connectivity index is 0.00000289. The van der Waals surface area contributed by atoms with Gasteiger partial charge in [-0.05, 0) is 24.6 Å². The number of ether oxygens (including phenoxy) is 3. The van der Waals surface area contributed by atoms with E-state index < -0.39 is 0 Å². The fraction of sp³-hybridized carbons (Fsp3) is 0.476. The van der Waals surface area contributed by atoms with Gasteiger partial charge < -0.3 is 14.2 Å². The van der Waals surface area contributed by atoms with Gasteiger partial charge >= 0.3 is 0 Å². The van der Waals surface area contributed by atoms with Crippen molar-refractivity contribution < 1.29 is 19.0 Å². The Bertz CT molecular complexity index is 1010. The molecule has 4 rings (SSSR count). The predicted octanol–water partition coefficient (Wildman–Crippen LogP) is 2.84. The SMILES string of the molecule is COc1ccc(OC)c2sc(N(CCCN3CCOCC3)C(=O)c3ccnn3C)nc12.Cl. The predicted molar refractivity (Wildman–Crippen MR) is 127 cm³/mol. The molecule has 1 fully saturated rings. The largest absolute Gasteiger partial charge is 0.495 e. The lowest BCUT2D eigenvalue weighted by atomic mass is 10.3. The fourth-order valence-corrected chi connectivity index (χ4v) is 4.77. The summed E-state index contributed by atoms with van der Waals surface area (Å²) in [7, 11) is 5.01. The van der Waals surface area contributed by atoms with Crippen LogP contribution in [0.25, 0.3) is 10.2 Å². The number of nitrogens with zero attached hydrogens (tertiary/aromatic N) is 5. The molecule has 1 aliphatic rings. The van der Waals surface area contributed by atoms with E-state index in [-0.39, 0.29) is 18.3 Å². The van der Waals surface area contributed by atoms with Crippen molar-refractivity contribution >= 4 is 45.0 Å².